The summed E-state index contributed by atoms with van der Waals surface area (Å²) in [4.78, 5) is 0. The minimum absolute atomic E-state index is 0.393. The lowest BCUT2D eigenvalue weighted by molar-refractivity contribution is 1.02. The van der Waals surface area contributed by atoms with Gasteiger partial charge in [0.25, 0.3) is 0 Å². The van der Waals surface area contributed by atoms with E-state index in [4.69, 9.17) is 0 Å². The molecule has 0 aliphatic carbocycles. The molecule has 13 aromatic rings. The third-order valence-electron chi connectivity index (χ3n) is 13.9. The van der Waals surface area contributed by atoms with E-state index in [9.17, 15) is 10.5 Å². The van der Waals surface area contributed by atoms with E-state index in [1.807, 2.05) is 32.1 Å². The summed E-state index contributed by atoms with van der Waals surface area (Å²) < 4.78 is 9.64. The maximum Gasteiger partial charge on any atom is 0.0992 e. The number of nitrogens with zero attached hydrogens (tertiary/aromatic N) is 6. The molecule has 0 saturated heterocycles. The molecule has 6 heteroatoms. The molecular weight excluding hydrogens is 865 g/mol. The van der Waals surface area contributed by atoms with Gasteiger partial charge in [0.15, 0.2) is 0 Å². The van der Waals surface area contributed by atoms with Gasteiger partial charge in [-0.1, -0.05) is 160 Å². The van der Waals surface area contributed by atoms with Gasteiger partial charge in [0.1, 0.15) is 0 Å². The second-order valence-electron chi connectivity index (χ2n) is 17.5. The van der Waals surface area contributed by atoms with E-state index in [0.717, 1.165) is 121 Å². The van der Waals surface area contributed by atoms with Crippen molar-refractivity contribution in [1.82, 2.24) is 18.3 Å². The lowest BCUT2D eigenvalue weighted by atomic mass is 9.94. The van der Waals surface area contributed by atoms with Crippen LogP contribution in [0.2, 0.25) is 0 Å². The molecule has 4 aromatic heterocycles. The Labute approximate surface area is 411 Å². The average Bonchev–Trinajstić information content (AvgIpc) is 4.15. The summed E-state index contributed by atoms with van der Waals surface area (Å²) in [5.74, 6) is 0. The summed E-state index contributed by atoms with van der Waals surface area (Å²) in [6.07, 6.45) is 6.23. The summed E-state index contributed by atoms with van der Waals surface area (Å²) in [5, 5.41) is 29.4. The molecule has 0 spiro atoms. The van der Waals surface area contributed by atoms with Crippen LogP contribution >= 0.6 is 0 Å². The molecule has 336 valence electrons. The van der Waals surface area contributed by atoms with Crippen molar-refractivity contribution in [3.05, 3.63) is 229 Å². The molecule has 0 bridgehead atoms. The Bertz CT molecular complexity index is 4240. The number of rotatable bonds is 7. The lowest BCUT2D eigenvalue weighted by Crippen LogP contribution is -2.14. The number of nitriles is 2. The first-order valence-corrected chi connectivity index (χ1v) is 24.1. The Morgan fingerprint density at radius 1 is 0.408 bits per heavy atom. The Hall–Kier alpha value is -9.62. The fourth-order valence-corrected chi connectivity index (χ4v) is 11.2. The van der Waals surface area contributed by atoms with Crippen LogP contribution in [-0.2, 0) is 0 Å². The highest BCUT2D eigenvalue weighted by Crippen LogP contribution is 2.50. The molecule has 13 rings (SSSR count). The van der Waals surface area contributed by atoms with Gasteiger partial charge in [0, 0.05) is 48.8 Å². The monoisotopic (exact) mass is 910 g/mol. The van der Waals surface area contributed by atoms with Gasteiger partial charge >= 0.3 is 0 Å². The van der Waals surface area contributed by atoms with Crippen LogP contribution in [0.3, 0.4) is 0 Å². The van der Waals surface area contributed by atoms with Gasteiger partial charge in [-0.15, -0.1) is 0 Å². The number of fused-ring (bicyclic) bond motifs is 10. The molecule has 0 fully saturated rings. The number of allylic oxidation sites excluding steroid dienone is 1. The topological polar surface area (TPSA) is 67.3 Å². The fraction of sp³-hybridized carbons (Fsp3) is 0.0462. The standard InChI is InChI=1S/C63H40N6.C2H6/c1-3-19-51-43(4-2)44-20-5-12-27-52(44)66(51)59-37-60(67-53-28-13-6-21-45(53)46-22-7-14-29-54(46)67)63(69-57-32-17-10-25-49(57)50-26-11-18-33-58(50)69)61(42-35-40(38-64)34-41(36-42)39-65)62(59)68-55-30-15-8-23-47(55)48-24-9-16-31-56(48)68;1-2/h3-37H,2H2,1H3;1-2H3/b19-3-;. The highest BCUT2D eigenvalue weighted by molar-refractivity contribution is 6.15. The van der Waals surface area contributed by atoms with E-state index in [0.29, 0.717) is 11.1 Å². The van der Waals surface area contributed by atoms with E-state index in [2.05, 4.69) is 232 Å². The third-order valence-corrected chi connectivity index (χ3v) is 13.9. The predicted molar refractivity (Wildman–Crippen MR) is 297 cm³/mol. The van der Waals surface area contributed by atoms with Crippen molar-refractivity contribution in [2.75, 3.05) is 0 Å². The third kappa shape index (κ3) is 6.32. The summed E-state index contributed by atoms with van der Waals surface area (Å²) >= 11 is 0. The quantitative estimate of drug-likeness (QED) is 0.160. The molecule has 0 aliphatic heterocycles. The molecule has 71 heavy (non-hydrogen) atoms. The van der Waals surface area contributed by atoms with Crippen molar-refractivity contribution in [2.24, 2.45) is 0 Å². The zero-order chi connectivity index (χ0) is 48.3. The summed E-state index contributed by atoms with van der Waals surface area (Å²) in [6, 6.07) is 73.1. The van der Waals surface area contributed by atoms with Crippen LogP contribution < -0.4 is 0 Å². The van der Waals surface area contributed by atoms with Gasteiger partial charge < -0.3 is 18.3 Å². The normalized spacial score (nSPS) is 11.6. The number of benzene rings is 9. The van der Waals surface area contributed by atoms with Gasteiger partial charge in [0.2, 0.25) is 0 Å². The van der Waals surface area contributed by atoms with E-state index < -0.39 is 0 Å². The van der Waals surface area contributed by atoms with Gasteiger partial charge in [-0.2, -0.15) is 10.5 Å². The molecule has 0 aliphatic rings. The van der Waals surface area contributed by atoms with Crippen molar-refractivity contribution in [3.8, 4) is 46.0 Å². The molecule has 0 atom stereocenters. The minimum atomic E-state index is 0.393. The number of hydrogen-bond donors (Lipinski definition) is 0. The summed E-state index contributed by atoms with van der Waals surface area (Å²) in [5.41, 5.74) is 15.1. The highest BCUT2D eigenvalue weighted by atomic mass is 15.1. The first-order valence-electron chi connectivity index (χ1n) is 24.1. The average molecular weight is 911 g/mol. The second kappa shape index (κ2) is 17.2. The van der Waals surface area contributed by atoms with Crippen LogP contribution in [0.25, 0.3) is 122 Å². The molecule has 0 saturated carbocycles. The Morgan fingerprint density at radius 2 is 0.732 bits per heavy atom. The van der Waals surface area contributed by atoms with Crippen molar-refractivity contribution >= 4 is 88.5 Å². The van der Waals surface area contributed by atoms with Crippen LogP contribution in [0, 0.1) is 22.7 Å². The van der Waals surface area contributed by atoms with Crippen LogP contribution in [0.15, 0.2) is 207 Å². The van der Waals surface area contributed by atoms with Crippen LogP contribution in [0.4, 0.5) is 0 Å². The zero-order valence-electron chi connectivity index (χ0n) is 39.6. The van der Waals surface area contributed by atoms with E-state index in [1.165, 1.54) is 0 Å². The van der Waals surface area contributed by atoms with Crippen LogP contribution in [-0.4, -0.2) is 18.3 Å². The van der Waals surface area contributed by atoms with Crippen molar-refractivity contribution < 1.29 is 0 Å². The molecule has 6 nitrogen and oxygen atoms in total. The Morgan fingerprint density at radius 3 is 1.08 bits per heavy atom. The second-order valence-corrected chi connectivity index (χ2v) is 17.5. The molecule has 0 radical (unpaired) electrons. The zero-order valence-corrected chi connectivity index (χ0v) is 39.6. The van der Waals surface area contributed by atoms with E-state index in [-0.39, 0.29) is 0 Å². The van der Waals surface area contributed by atoms with Gasteiger partial charge in [-0.3, -0.25) is 0 Å². The molecule has 0 N–H and O–H groups in total. The molecule has 4 heterocycles. The number of aromatic nitrogens is 4. The maximum absolute atomic E-state index is 10.8. The Kier molecular flexibility index (Phi) is 10.3. The van der Waals surface area contributed by atoms with Gasteiger partial charge in [-0.05, 0) is 85.3 Å². The predicted octanol–water partition coefficient (Wildman–Crippen LogP) is 17.0. The van der Waals surface area contributed by atoms with E-state index in [1.54, 1.807) is 6.07 Å². The smallest absolute Gasteiger partial charge is 0.0992 e. The number of hydrogen-bond acceptors (Lipinski definition) is 2. The molecule has 0 amide bonds. The first kappa shape index (κ1) is 42.7. The molecular formula is C65H46N6. The van der Waals surface area contributed by atoms with Crippen LogP contribution in [0.1, 0.15) is 43.2 Å². The van der Waals surface area contributed by atoms with Crippen molar-refractivity contribution in [1.29, 1.82) is 10.5 Å². The van der Waals surface area contributed by atoms with Crippen molar-refractivity contribution in [2.45, 2.75) is 20.8 Å². The minimum Gasteiger partial charge on any atom is -0.307 e. The Balaban J connectivity index is 0.00000256. The first-order chi connectivity index (χ1) is 35.1. The van der Waals surface area contributed by atoms with Gasteiger partial charge in [0.05, 0.1) is 90.3 Å². The lowest BCUT2D eigenvalue weighted by Gasteiger charge is -2.28. The fourth-order valence-electron chi connectivity index (χ4n) is 11.2. The highest BCUT2D eigenvalue weighted by Gasteiger charge is 2.32. The number of para-hydroxylation sites is 7. The molecule has 9 aromatic carbocycles. The van der Waals surface area contributed by atoms with E-state index >= 15 is 0 Å². The molecule has 0 unspecified atom stereocenters. The summed E-state index contributed by atoms with van der Waals surface area (Å²) in [6.45, 7) is 10.5. The summed E-state index contributed by atoms with van der Waals surface area (Å²) in [7, 11) is 0. The maximum atomic E-state index is 10.8. The largest absolute Gasteiger partial charge is 0.307 e. The van der Waals surface area contributed by atoms with Crippen LogP contribution in [0.5, 0.6) is 0 Å². The SMILES string of the molecule is C=Cc1c(/C=C\C)n(-c2cc(-n3c4ccccc4c4ccccc43)c(-n3c4ccccc4c4ccccc43)c(-c3cc(C#N)cc(C#N)c3)c2-n2c3ccccc3c3ccccc32)c2ccccc12.CC. The van der Waals surface area contributed by atoms with Gasteiger partial charge in [-0.25, -0.2) is 0 Å². The van der Waals surface area contributed by atoms with Crippen molar-refractivity contribution in [3.63, 3.8) is 0 Å².